The zero-order valence-corrected chi connectivity index (χ0v) is 19.3. The Morgan fingerprint density at radius 1 is 1.31 bits per heavy atom. The van der Waals surface area contributed by atoms with Gasteiger partial charge in [0.15, 0.2) is 6.29 Å². The molecule has 5 atom stereocenters. The van der Waals surface area contributed by atoms with Crippen LogP contribution in [0.15, 0.2) is 24.0 Å². The maximum atomic E-state index is 11.4. The summed E-state index contributed by atoms with van der Waals surface area (Å²) in [6.07, 6.45) is 9.10. The largest absolute Gasteiger partial charge is 0.435 e. The van der Waals surface area contributed by atoms with Crippen LogP contribution in [0.2, 0.25) is 0 Å². The van der Waals surface area contributed by atoms with Crippen LogP contribution in [0, 0.1) is 22.7 Å². The van der Waals surface area contributed by atoms with Gasteiger partial charge in [-0.05, 0) is 74.2 Å². The number of ether oxygens (including phenoxy) is 3. The van der Waals surface area contributed by atoms with Gasteiger partial charge in [0.1, 0.15) is 0 Å². The standard InChI is InChI=1S/C25H40O4/c1-16(2)28-23-13-19(15-27-18(4)26)21(29-23)14-20-17(3)9-10-22-24(5,6)11-8-12-25(20,22)7/h15-16,20-23H,3,8-14H2,1-2,4-7H3/b19-15+/t20-,21+,22-,23-,25+/m1/s1. The summed E-state index contributed by atoms with van der Waals surface area (Å²) in [6, 6.07) is 0. The average molecular weight is 405 g/mol. The lowest BCUT2D eigenvalue weighted by Gasteiger charge is -2.58. The molecule has 1 heterocycles. The van der Waals surface area contributed by atoms with Crippen LogP contribution in [-0.2, 0) is 19.0 Å². The van der Waals surface area contributed by atoms with Gasteiger partial charge in [-0.3, -0.25) is 4.79 Å². The minimum absolute atomic E-state index is 0.0829. The Hall–Kier alpha value is -1.13. The summed E-state index contributed by atoms with van der Waals surface area (Å²) in [4.78, 5) is 11.4. The molecule has 4 heteroatoms. The van der Waals surface area contributed by atoms with Crippen molar-refractivity contribution in [1.29, 1.82) is 0 Å². The third-order valence-electron chi connectivity index (χ3n) is 7.70. The summed E-state index contributed by atoms with van der Waals surface area (Å²) >= 11 is 0. The quantitative estimate of drug-likeness (QED) is 0.313. The Morgan fingerprint density at radius 3 is 2.69 bits per heavy atom. The first-order chi connectivity index (χ1) is 13.5. The molecular weight excluding hydrogens is 364 g/mol. The summed E-state index contributed by atoms with van der Waals surface area (Å²) in [5, 5.41) is 0. The minimum Gasteiger partial charge on any atom is -0.435 e. The molecule has 0 radical (unpaired) electrons. The van der Waals surface area contributed by atoms with Gasteiger partial charge >= 0.3 is 5.97 Å². The van der Waals surface area contributed by atoms with Crippen LogP contribution in [0.3, 0.4) is 0 Å². The first-order valence-corrected chi connectivity index (χ1v) is 11.4. The first-order valence-electron chi connectivity index (χ1n) is 11.4. The lowest BCUT2D eigenvalue weighted by atomic mass is 9.47. The first kappa shape index (κ1) is 22.6. The summed E-state index contributed by atoms with van der Waals surface area (Å²) in [5.41, 5.74) is 3.02. The van der Waals surface area contributed by atoms with Crippen molar-refractivity contribution in [3.8, 4) is 0 Å². The fourth-order valence-corrected chi connectivity index (χ4v) is 6.44. The second-order valence-corrected chi connectivity index (χ2v) is 10.6. The van der Waals surface area contributed by atoms with E-state index in [0.29, 0.717) is 23.7 Å². The topological polar surface area (TPSA) is 44.8 Å². The van der Waals surface area contributed by atoms with Crippen LogP contribution in [0.25, 0.3) is 0 Å². The van der Waals surface area contributed by atoms with Crippen molar-refractivity contribution >= 4 is 5.97 Å². The van der Waals surface area contributed by atoms with Gasteiger partial charge in [0.2, 0.25) is 0 Å². The van der Waals surface area contributed by atoms with Crippen LogP contribution in [0.1, 0.15) is 86.5 Å². The van der Waals surface area contributed by atoms with Crippen molar-refractivity contribution in [2.75, 3.05) is 0 Å². The molecule has 0 amide bonds. The number of esters is 1. The molecule has 164 valence electrons. The van der Waals surface area contributed by atoms with Gasteiger partial charge in [0.05, 0.1) is 18.5 Å². The monoisotopic (exact) mass is 404 g/mol. The number of rotatable bonds is 5. The van der Waals surface area contributed by atoms with E-state index in [9.17, 15) is 4.79 Å². The molecule has 0 spiro atoms. The number of carbonyl (C=O) groups excluding carboxylic acids is 1. The van der Waals surface area contributed by atoms with Gasteiger partial charge < -0.3 is 14.2 Å². The molecule has 0 aromatic rings. The van der Waals surface area contributed by atoms with E-state index in [0.717, 1.165) is 18.4 Å². The van der Waals surface area contributed by atoms with E-state index in [-0.39, 0.29) is 29.9 Å². The molecule has 2 aliphatic carbocycles. The fraction of sp³-hybridized carbons (Fsp3) is 0.800. The summed E-state index contributed by atoms with van der Waals surface area (Å²) in [5.74, 6) is 0.834. The number of fused-ring (bicyclic) bond motifs is 1. The molecule has 3 rings (SSSR count). The Labute approximate surface area is 177 Å². The van der Waals surface area contributed by atoms with Gasteiger partial charge in [-0.25, -0.2) is 0 Å². The highest BCUT2D eigenvalue weighted by Gasteiger charge is 2.53. The average Bonchev–Trinajstić information content (AvgIpc) is 2.96. The normalized spacial score (nSPS) is 38.3. The number of allylic oxidation sites excluding steroid dienone is 1. The molecule has 0 unspecified atom stereocenters. The Bertz CT molecular complexity index is 662. The van der Waals surface area contributed by atoms with E-state index in [2.05, 4.69) is 27.4 Å². The highest BCUT2D eigenvalue weighted by molar-refractivity contribution is 5.66. The van der Waals surface area contributed by atoms with Gasteiger partial charge in [0, 0.05) is 13.3 Å². The Morgan fingerprint density at radius 2 is 2.03 bits per heavy atom. The molecule has 3 aliphatic rings. The smallest absolute Gasteiger partial charge is 0.307 e. The van der Waals surface area contributed by atoms with Crippen LogP contribution >= 0.6 is 0 Å². The molecule has 2 saturated carbocycles. The third-order valence-corrected chi connectivity index (χ3v) is 7.70. The Kier molecular flexibility index (Phi) is 6.65. The van der Waals surface area contributed by atoms with E-state index < -0.39 is 0 Å². The van der Waals surface area contributed by atoms with Gasteiger partial charge in [0.25, 0.3) is 0 Å². The van der Waals surface area contributed by atoms with Crippen molar-refractivity contribution in [3.63, 3.8) is 0 Å². The predicted octanol–water partition coefficient (Wildman–Crippen LogP) is 6.16. The lowest BCUT2D eigenvalue weighted by Crippen LogP contribution is -2.50. The molecule has 0 bridgehead atoms. The molecule has 4 nitrogen and oxygen atoms in total. The van der Waals surface area contributed by atoms with Gasteiger partial charge in [-0.2, -0.15) is 0 Å². The van der Waals surface area contributed by atoms with E-state index in [4.69, 9.17) is 14.2 Å². The van der Waals surface area contributed by atoms with E-state index in [1.54, 1.807) is 6.26 Å². The Balaban J connectivity index is 1.83. The molecular formula is C25H40O4. The van der Waals surface area contributed by atoms with Crippen LogP contribution < -0.4 is 0 Å². The molecule has 29 heavy (non-hydrogen) atoms. The third kappa shape index (κ3) is 4.80. The van der Waals surface area contributed by atoms with Gasteiger partial charge in [-0.1, -0.05) is 39.3 Å². The molecule has 0 aromatic heterocycles. The number of carbonyl (C=O) groups is 1. The molecule has 1 aliphatic heterocycles. The van der Waals surface area contributed by atoms with Crippen molar-refractivity contribution in [2.24, 2.45) is 22.7 Å². The summed E-state index contributed by atoms with van der Waals surface area (Å²) in [7, 11) is 0. The number of hydrogen-bond acceptors (Lipinski definition) is 4. The van der Waals surface area contributed by atoms with Crippen molar-refractivity contribution in [1.82, 2.24) is 0 Å². The molecule has 0 aromatic carbocycles. The SMILES string of the molecule is C=C1CC[C@@H]2C(C)(C)CCC[C@@]2(C)[C@@H]1C[C@@H]1O[C@@H](OC(C)C)C/C1=C\OC(C)=O. The summed E-state index contributed by atoms with van der Waals surface area (Å²) in [6.45, 7) is 17.4. The zero-order valence-electron chi connectivity index (χ0n) is 19.3. The van der Waals surface area contributed by atoms with E-state index in [1.807, 2.05) is 13.8 Å². The van der Waals surface area contributed by atoms with E-state index >= 15 is 0 Å². The maximum Gasteiger partial charge on any atom is 0.307 e. The minimum atomic E-state index is -0.299. The highest BCUT2D eigenvalue weighted by atomic mass is 16.7. The van der Waals surface area contributed by atoms with Crippen molar-refractivity contribution in [2.45, 2.75) is 105 Å². The molecule has 0 N–H and O–H groups in total. The van der Waals surface area contributed by atoms with Crippen LogP contribution in [0.5, 0.6) is 0 Å². The van der Waals surface area contributed by atoms with Gasteiger partial charge in [-0.15, -0.1) is 0 Å². The number of hydrogen-bond donors (Lipinski definition) is 0. The maximum absolute atomic E-state index is 11.4. The predicted molar refractivity (Wildman–Crippen MR) is 115 cm³/mol. The second-order valence-electron chi connectivity index (χ2n) is 10.6. The van der Waals surface area contributed by atoms with Crippen LogP contribution in [0.4, 0.5) is 0 Å². The zero-order chi connectivity index (χ0) is 21.4. The highest BCUT2D eigenvalue weighted by Crippen LogP contribution is 2.62. The van der Waals surface area contributed by atoms with Crippen molar-refractivity contribution < 1.29 is 19.0 Å². The van der Waals surface area contributed by atoms with Crippen molar-refractivity contribution in [3.05, 3.63) is 24.0 Å². The van der Waals surface area contributed by atoms with Crippen LogP contribution in [-0.4, -0.2) is 24.5 Å². The van der Waals surface area contributed by atoms with E-state index in [1.165, 1.54) is 38.2 Å². The molecule has 1 saturated heterocycles. The summed E-state index contributed by atoms with van der Waals surface area (Å²) < 4.78 is 17.5. The second kappa shape index (κ2) is 8.55. The molecule has 3 fully saturated rings. The lowest BCUT2D eigenvalue weighted by molar-refractivity contribution is -0.159. The fourth-order valence-electron chi connectivity index (χ4n) is 6.44.